The Labute approximate surface area is 125 Å². The molecule has 1 saturated carbocycles. The smallest absolute Gasteiger partial charge is 0.261 e. The summed E-state index contributed by atoms with van der Waals surface area (Å²) in [7, 11) is 0. The molecule has 6 heteroatoms. The lowest BCUT2D eigenvalue weighted by Crippen LogP contribution is -2.20. The number of anilines is 1. The molecule has 0 radical (unpaired) electrons. The number of hydrogen-bond donors (Lipinski definition) is 1. The van der Waals surface area contributed by atoms with E-state index in [0.717, 1.165) is 5.69 Å². The first kappa shape index (κ1) is 12.6. The van der Waals surface area contributed by atoms with E-state index in [1.54, 1.807) is 18.2 Å². The predicted octanol–water partition coefficient (Wildman–Crippen LogP) is 3.04. The summed E-state index contributed by atoms with van der Waals surface area (Å²) in [5, 5.41) is 5.50. The van der Waals surface area contributed by atoms with Crippen LogP contribution in [0.4, 0.5) is 5.13 Å². The SMILES string of the molecule is O=C(Nc1nc(C2CC2)cs1)c1cccc2c1OCCO2. The van der Waals surface area contributed by atoms with Crippen LogP contribution >= 0.6 is 11.3 Å². The first-order chi connectivity index (χ1) is 10.3. The van der Waals surface area contributed by atoms with Crippen LogP contribution in [-0.4, -0.2) is 24.1 Å². The maximum Gasteiger partial charge on any atom is 0.261 e. The van der Waals surface area contributed by atoms with Gasteiger partial charge in [-0.2, -0.15) is 0 Å². The summed E-state index contributed by atoms with van der Waals surface area (Å²) in [5.74, 6) is 1.51. The molecule has 1 aromatic carbocycles. The Morgan fingerprint density at radius 1 is 1.29 bits per heavy atom. The lowest BCUT2D eigenvalue weighted by molar-refractivity contribution is 0.101. The molecule has 2 aliphatic rings. The molecular formula is C15H14N2O3S. The number of carbonyl (C=O) groups is 1. The highest BCUT2D eigenvalue weighted by Gasteiger charge is 2.27. The minimum atomic E-state index is -0.214. The minimum absolute atomic E-state index is 0.214. The number of thiazole rings is 1. The van der Waals surface area contributed by atoms with Crippen LogP contribution < -0.4 is 14.8 Å². The lowest BCUT2D eigenvalue weighted by atomic mass is 10.1. The number of amides is 1. The van der Waals surface area contributed by atoms with Gasteiger partial charge in [0, 0.05) is 11.3 Å². The van der Waals surface area contributed by atoms with Gasteiger partial charge in [0.25, 0.3) is 5.91 Å². The Morgan fingerprint density at radius 3 is 3.00 bits per heavy atom. The summed E-state index contributed by atoms with van der Waals surface area (Å²) in [6.07, 6.45) is 2.41. The zero-order chi connectivity index (χ0) is 14.2. The second-order valence-corrected chi connectivity index (χ2v) is 5.99. The second-order valence-electron chi connectivity index (χ2n) is 5.14. The first-order valence-electron chi connectivity index (χ1n) is 6.96. The molecule has 1 amide bonds. The van der Waals surface area contributed by atoms with Crippen LogP contribution in [0.1, 0.15) is 34.8 Å². The van der Waals surface area contributed by atoms with Gasteiger partial charge in [-0.1, -0.05) is 6.07 Å². The van der Waals surface area contributed by atoms with Crippen molar-refractivity contribution < 1.29 is 14.3 Å². The number of rotatable bonds is 3. The maximum absolute atomic E-state index is 12.4. The number of hydrogen-bond acceptors (Lipinski definition) is 5. The molecule has 21 heavy (non-hydrogen) atoms. The van der Waals surface area contributed by atoms with Gasteiger partial charge in [-0.05, 0) is 25.0 Å². The fourth-order valence-electron chi connectivity index (χ4n) is 2.33. The molecule has 0 saturated heterocycles. The van der Waals surface area contributed by atoms with Gasteiger partial charge < -0.3 is 9.47 Å². The van der Waals surface area contributed by atoms with E-state index in [1.807, 2.05) is 5.38 Å². The number of ether oxygens (including phenoxy) is 2. The van der Waals surface area contributed by atoms with Crippen LogP contribution in [0, 0.1) is 0 Å². The van der Waals surface area contributed by atoms with Crippen molar-refractivity contribution in [3.8, 4) is 11.5 Å². The molecule has 108 valence electrons. The van der Waals surface area contributed by atoms with Crippen LogP contribution in [0.15, 0.2) is 23.6 Å². The van der Waals surface area contributed by atoms with Gasteiger partial charge in [0.2, 0.25) is 0 Å². The van der Waals surface area contributed by atoms with E-state index in [4.69, 9.17) is 9.47 Å². The van der Waals surface area contributed by atoms with E-state index in [-0.39, 0.29) is 5.91 Å². The largest absolute Gasteiger partial charge is 0.486 e. The number of nitrogens with one attached hydrogen (secondary N) is 1. The molecule has 5 nitrogen and oxygen atoms in total. The van der Waals surface area contributed by atoms with E-state index in [2.05, 4.69) is 10.3 Å². The predicted molar refractivity (Wildman–Crippen MR) is 79.5 cm³/mol. The highest BCUT2D eigenvalue weighted by molar-refractivity contribution is 7.14. The molecule has 1 aliphatic carbocycles. The Balaban J connectivity index is 1.56. The fraction of sp³-hybridized carbons (Fsp3) is 0.333. The van der Waals surface area contributed by atoms with Crippen molar-refractivity contribution in [1.82, 2.24) is 4.98 Å². The van der Waals surface area contributed by atoms with Gasteiger partial charge in [-0.25, -0.2) is 4.98 Å². The number of benzene rings is 1. The molecule has 0 unspecified atom stereocenters. The Bertz CT molecular complexity index is 694. The van der Waals surface area contributed by atoms with Crippen molar-refractivity contribution in [2.24, 2.45) is 0 Å². The normalized spacial score (nSPS) is 16.6. The highest BCUT2D eigenvalue weighted by Crippen LogP contribution is 2.41. The monoisotopic (exact) mass is 302 g/mol. The molecule has 1 aromatic heterocycles. The van der Waals surface area contributed by atoms with Gasteiger partial charge in [0.15, 0.2) is 16.6 Å². The lowest BCUT2D eigenvalue weighted by Gasteiger charge is -2.20. The molecule has 0 atom stereocenters. The summed E-state index contributed by atoms with van der Waals surface area (Å²) in [6.45, 7) is 0.968. The van der Waals surface area contributed by atoms with E-state index < -0.39 is 0 Å². The van der Waals surface area contributed by atoms with E-state index in [0.29, 0.717) is 41.3 Å². The van der Waals surface area contributed by atoms with Gasteiger partial charge in [0.05, 0.1) is 11.3 Å². The fourth-order valence-corrected chi connectivity index (χ4v) is 3.11. The van der Waals surface area contributed by atoms with Gasteiger partial charge >= 0.3 is 0 Å². The molecule has 2 heterocycles. The van der Waals surface area contributed by atoms with Crippen LogP contribution in [0.5, 0.6) is 11.5 Å². The zero-order valence-electron chi connectivity index (χ0n) is 11.3. The molecule has 1 aliphatic heterocycles. The van der Waals surface area contributed by atoms with E-state index in [1.165, 1.54) is 24.2 Å². The molecular weight excluding hydrogens is 288 g/mol. The summed E-state index contributed by atoms with van der Waals surface area (Å²) < 4.78 is 11.1. The molecule has 1 fully saturated rings. The number of aromatic nitrogens is 1. The zero-order valence-corrected chi connectivity index (χ0v) is 12.1. The highest BCUT2D eigenvalue weighted by atomic mass is 32.1. The molecule has 0 spiro atoms. The van der Waals surface area contributed by atoms with Crippen LogP contribution in [0.3, 0.4) is 0 Å². The van der Waals surface area contributed by atoms with Crippen LogP contribution in [-0.2, 0) is 0 Å². The minimum Gasteiger partial charge on any atom is -0.486 e. The third-order valence-corrected chi connectivity index (χ3v) is 4.32. The van der Waals surface area contributed by atoms with Crippen molar-refractivity contribution in [3.05, 3.63) is 34.8 Å². The Hall–Kier alpha value is -2.08. The maximum atomic E-state index is 12.4. The number of fused-ring (bicyclic) bond motifs is 1. The Kier molecular flexibility index (Phi) is 3.03. The summed E-state index contributed by atoms with van der Waals surface area (Å²) in [4.78, 5) is 16.9. The topological polar surface area (TPSA) is 60.5 Å². The molecule has 1 N–H and O–H groups in total. The first-order valence-corrected chi connectivity index (χ1v) is 7.84. The standard InChI is InChI=1S/C15H14N2O3S/c18-14(17-15-16-11(8-21-15)9-4-5-9)10-2-1-3-12-13(10)20-7-6-19-12/h1-3,8-9H,4-7H2,(H,16,17,18). The number of nitrogens with zero attached hydrogens (tertiary/aromatic N) is 1. The molecule has 2 aromatic rings. The van der Waals surface area contributed by atoms with Gasteiger partial charge in [-0.15, -0.1) is 11.3 Å². The quantitative estimate of drug-likeness (QED) is 0.946. The van der Waals surface area contributed by atoms with Gasteiger partial charge in [0.1, 0.15) is 13.2 Å². The van der Waals surface area contributed by atoms with E-state index in [9.17, 15) is 4.79 Å². The van der Waals surface area contributed by atoms with Gasteiger partial charge in [-0.3, -0.25) is 10.1 Å². The molecule has 4 rings (SSSR count). The third-order valence-electron chi connectivity index (χ3n) is 3.55. The summed E-state index contributed by atoms with van der Waals surface area (Å²) >= 11 is 1.46. The summed E-state index contributed by atoms with van der Waals surface area (Å²) in [5.41, 5.74) is 1.57. The van der Waals surface area contributed by atoms with E-state index >= 15 is 0 Å². The summed E-state index contributed by atoms with van der Waals surface area (Å²) in [6, 6.07) is 5.33. The Morgan fingerprint density at radius 2 is 2.14 bits per heavy atom. The number of carbonyl (C=O) groups excluding carboxylic acids is 1. The average Bonchev–Trinajstić information content (AvgIpc) is 3.27. The van der Waals surface area contributed by atoms with Crippen molar-refractivity contribution in [1.29, 1.82) is 0 Å². The number of para-hydroxylation sites is 1. The average molecular weight is 302 g/mol. The molecule has 0 bridgehead atoms. The second kappa shape index (κ2) is 5.04. The van der Waals surface area contributed by atoms with Crippen molar-refractivity contribution >= 4 is 22.4 Å². The third kappa shape index (κ3) is 2.47. The van der Waals surface area contributed by atoms with Crippen LogP contribution in [0.25, 0.3) is 0 Å². The van der Waals surface area contributed by atoms with Crippen molar-refractivity contribution in [2.75, 3.05) is 18.5 Å². The van der Waals surface area contributed by atoms with Crippen molar-refractivity contribution in [3.63, 3.8) is 0 Å². The van der Waals surface area contributed by atoms with Crippen LogP contribution in [0.2, 0.25) is 0 Å². The van der Waals surface area contributed by atoms with Crippen molar-refractivity contribution in [2.45, 2.75) is 18.8 Å².